The fourth-order valence-electron chi connectivity index (χ4n) is 1.05. The molecule has 0 N–H and O–H groups in total. The van der Waals surface area contributed by atoms with Crippen molar-refractivity contribution >= 4 is 34.9 Å². The van der Waals surface area contributed by atoms with Gasteiger partial charge in [0.2, 0.25) is 0 Å². The van der Waals surface area contributed by atoms with E-state index < -0.39 is 0 Å². The van der Waals surface area contributed by atoms with Crippen LogP contribution in [-0.2, 0) is 4.79 Å². The van der Waals surface area contributed by atoms with Gasteiger partial charge < -0.3 is 0 Å². The number of rotatable bonds is 2. The Morgan fingerprint density at radius 3 is 2.36 bits per heavy atom. The van der Waals surface area contributed by atoms with Crippen LogP contribution in [0.5, 0.6) is 0 Å². The van der Waals surface area contributed by atoms with Crippen molar-refractivity contribution in [1.29, 1.82) is 0 Å². The van der Waals surface area contributed by atoms with Gasteiger partial charge in [-0.1, -0.05) is 6.92 Å². The first-order valence-corrected chi connectivity index (χ1v) is 6.24. The molecule has 1 aliphatic rings. The molecule has 1 rings (SSSR count). The average molecular weight is 233 g/mol. The minimum absolute atomic E-state index is 0.0533. The lowest BCUT2D eigenvalue weighted by molar-refractivity contribution is -0.122. The maximum absolute atomic E-state index is 11.7. The predicted octanol–water partition coefficient (Wildman–Crippen LogP) is 2.91. The number of nitrogens with zero attached hydrogens (tertiary/aromatic N) is 1. The summed E-state index contributed by atoms with van der Waals surface area (Å²) >= 11 is 2.45. The quantitative estimate of drug-likeness (QED) is 0.687. The summed E-state index contributed by atoms with van der Waals surface area (Å²) in [6, 6.07) is 0. The van der Waals surface area contributed by atoms with Gasteiger partial charge in [-0.2, -0.15) is 0 Å². The second-order valence-corrected chi connectivity index (χ2v) is 7.04. The van der Waals surface area contributed by atoms with Gasteiger partial charge in [0.15, 0.2) is 0 Å². The van der Waals surface area contributed by atoms with Crippen molar-refractivity contribution in [3.05, 3.63) is 0 Å². The maximum atomic E-state index is 11.7. The summed E-state index contributed by atoms with van der Waals surface area (Å²) in [5, 5.41) is -0.292. The van der Waals surface area contributed by atoms with E-state index in [9.17, 15) is 9.59 Å². The molecule has 0 bridgehead atoms. The van der Waals surface area contributed by atoms with Gasteiger partial charge in [-0.3, -0.25) is 9.59 Å². The highest BCUT2D eigenvalue weighted by atomic mass is 32.2. The van der Waals surface area contributed by atoms with Crippen LogP contribution in [0.1, 0.15) is 34.1 Å². The number of amides is 2. The van der Waals surface area contributed by atoms with E-state index in [1.807, 2.05) is 27.7 Å². The topological polar surface area (TPSA) is 37.4 Å². The molecule has 14 heavy (non-hydrogen) atoms. The van der Waals surface area contributed by atoms with Gasteiger partial charge >= 0.3 is 0 Å². The summed E-state index contributed by atoms with van der Waals surface area (Å²) in [6.07, 6.45) is 0.719. The Morgan fingerprint density at radius 1 is 1.43 bits per heavy atom. The van der Waals surface area contributed by atoms with Gasteiger partial charge in [0.25, 0.3) is 11.1 Å². The molecule has 0 aromatic carbocycles. The Bertz CT molecular complexity index is 260. The Morgan fingerprint density at radius 2 is 2.00 bits per heavy atom. The molecule has 1 atom stereocenters. The van der Waals surface area contributed by atoms with Gasteiger partial charge in [-0.15, -0.1) is 0 Å². The van der Waals surface area contributed by atoms with Gasteiger partial charge in [0.05, 0.1) is 5.25 Å². The highest BCUT2D eigenvalue weighted by Crippen LogP contribution is 2.38. The molecular weight excluding hydrogens is 218 g/mol. The first kappa shape index (κ1) is 11.9. The Balaban J connectivity index is 2.71. The molecule has 0 aromatic rings. The molecule has 0 saturated carbocycles. The van der Waals surface area contributed by atoms with Crippen molar-refractivity contribution in [3.8, 4) is 0 Å². The van der Waals surface area contributed by atoms with E-state index in [1.165, 1.54) is 16.3 Å². The minimum Gasteiger partial charge on any atom is -0.272 e. The minimum atomic E-state index is -0.169. The van der Waals surface area contributed by atoms with Crippen LogP contribution in [0.25, 0.3) is 0 Å². The first-order chi connectivity index (χ1) is 6.35. The fourth-order valence-corrected chi connectivity index (χ4v) is 3.00. The smallest absolute Gasteiger partial charge is 0.272 e. The summed E-state index contributed by atoms with van der Waals surface area (Å²) in [5.41, 5.74) is 0. The van der Waals surface area contributed by atoms with Crippen LogP contribution in [0.15, 0.2) is 0 Å². The molecule has 3 nitrogen and oxygen atoms in total. The molecule has 1 unspecified atom stereocenters. The summed E-state index contributed by atoms with van der Waals surface area (Å²) in [5.74, 6) is -0.0533. The third-order valence-electron chi connectivity index (χ3n) is 1.62. The predicted molar refractivity (Wildman–Crippen MR) is 61.3 cm³/mol. The van der Waals surface area contributed by atoms with E-state index in [0.717, 1.165) is 18.2 Å². The SMILES string of the molecule is CCC1SC(=O)N(SC(C)(C)C)C1=O. The highest BCUT2D eigenvalue weighted by molar-refractivity contribution is 8.17. The molecule has 0 aliphatic carbocycles. The highest BCUT2D eigenvalue weighted by Gasteiger charge is 2.40. The molecule has 1 saturated heterocycles. The Kier molecular flexibility index (Phi) is 3.53. The van der Waals surface area contributed by atoms with Crippen LogP contribution >= 0.6 is 23.7 Å². The molecule has 1 aliphatic heterocycles. The van der Waals surface area contributed by atoms with E-state index in [-0.39, 0.29) is 21.1 Å². The molecule has 1 heterocycles. The summed E-state index contributed by atoms with van der Waals surface area (Å²) < 4.78 is 1.20. The van der Waals surface area contributed by atoms with Crippen molar-refractivity contribution in [3.63, 3.8) is 0 Å². The van der Waals surface area contributed by atoms with Gasteiger partial charge in [-0.25, -0.2) is 4.31 Å². The fraction of sp³-hybridized carbons (Fsp3) is 0.778. The van der Waals surface area contributed by atoms with Crippen molar-refractivity contribution in [1.82, 2.24) is 4.31 Å². The largest absolute Gasteiger partial charge is 0.299 e. The van der Waals surface area contributed by atoms with Crippen LogP contribution < -0.4 is 0 Å². The summed E-state index contributed by atoms with van der Waals surface area (Å²) in [7, 11) is 0. The average Bonchev–Trinajstić information content (AvgIpc) is 2.29. The maximum Gasteiger partial charge on any atom is 0.299 e. The summed E-state index contributed by atoms with van der Waals surface area (Å²) in [4.78, 5) is 23.2. The molecule has 80 valence electrons. The molecule has 0 spiro atoms. The second kappa shape index (κ2) is 4.14. The Hall–Kier alpha value is -0.160. The molecule has 1 fully saturated rings. The van der Waals surface area contributed by atoms with E-state index in [0.29, 0.717) is 0 Å². The number of imide groups is 1. The van der Waals surface area contributed by atoms with Crippen LogP contribution in [0.2, 0.25) is 0 Å². The van der Waals surface area contributed by atoms with Crippen molar-refractivity contribution in [2.75, 3.05) is 0 Å². The molecular formula is C9H15NO2S2. The zero-order chi connectivity index (χ0) is 10.9. The lowest BCUT2D eigenvalue weighted by Gasteiger charge is -2.22. The lowest BCUT2D eigenvalue weighted by Crippen LogP contribution is -2.29. The number of hydrogen-bond donors (Lipinski definition) is 0. The molecule has 0 radical (unpaired) electrons. The molecule has 5 heteroatoms. The van der Waals surface area contributed by atoms with Crippen LogP contribution in [-0.4, -0.2) is 25.4 Å². The third kappa shape index (κ3) is 2.67. The number of hydrogen-bond acceptors (Lipinski definition) is 4. The summed E-state index contributed by atoms with van der Waals surface area (Å²) in [6.45, 7) is 7.89. The lowest BCUT2D eigenvalue weighted by atomic mass is 10.3. The monoisotopic (exact) mass is 233 g/mol. The number of carbonyl (C=O) groups excluding carboxylic acids is 2. The van der Waals surface area contributed by atoms with E-state index in [4.69, 9.17) is 0 Å². The zero-order valence-electron chi connectivity index (χ0n) is 8.86. The first-order valence-electron chi connectivity index (χ1n) is 4.59. The second-order valence-electron chi connectivity index (χ2n) is 4.12. The van der Waals surface area contributed by atoms with Gasteiger partial charge in [0, 0.05) is 4.75 Å². The zero-order valence-corrected chi connectivity index (χ0v) is 10.5. The van der Waals surface area contributed by atoms with E-state index in [2.05, 4.69) is 0 Å². The van der Waals surface area contributed by atoms with Gasteiger partial charge in [0.1, 0.15) is 0 Å². The van der Waals surface area contributed by atoms with Crippen molar-refractivity contribution < 1.29 is 9.59 Å². The van der Waals surface area contributed by atoms with Crippen molar-refractivity contribution in [2.24, 2.45) is 0 Å². The number of thioether (sulfide) groups is 1. The van der Waals surface area contributed by atoms with Crippen molar-refractivity contribution in [2.45, 2.75) is 44.1 Å². The van der Waals surface area contributed by atoms with Crippen LogP contribution in [0, 0.1) is 0 Å². The van der Waals surface area contributed by atoms with Gasteiger partial charge in [-0.05, 0) is 50.9 Å². The standard InChI is InChI=1S/C9H15NO2S2/c1-5-6-7(11)10(8(12)13-6)14-9(2,3)4/h6H,5H2,1-4H3. The van der Waals surface area contributed by atoms with E-state index in [1.54, 1.807) is 0 Å². The molecule has 2 amide bonds. The van der Waals surface area contributed by atoms with E-state index >= 15 is 0 Å². The molecule has 0 aromatic heterocycles. The van der Waals surface area contributed by atoms with Crippen LogP contribution in [0.3, 0.4) is 0 Å². The normalized spacial score (nSPS) is 23.4. The van der Waals surface area contributed by atoms with Crippen LogP contribution in [0.4, 0.5) is 4.79 Å². The number of carbonyl (C=O) groups is 2. The third-order valence-corrected chi connectivity index (χ3v) is 4.02. The Labute approximate surface area is 93.1 Å².